The minimum atomic E-state index is -0.188. The van der Waals surface area contributed by atoms with E-state index in [1.165, 1.54) is 20.0 Å². The SMILES string of the molecule is COC(=O)Cc1ccccc1/C=C/C1CC1. The van der Waals surface area contributed by atoms with Crippen molar-refractivity contribution in [1.82, 2.24) is 0 Å². The van der Waals surface area contributed by atoms with Gasteiger partial charge >= 0.3 is 5.97 Å². The predicted molar refractivity (Wildman–Crippen MR) is 63.9 cm³/mol. The Morgan fingerprint density at radius 2 is 2.19 bits per heavy atom. The summed E-state index contributed by atoms with van der Waals surface area (Å²) in [7, 11) is 1.42. The molecule has 1 saturated carbocycles. The third kappa shape index (κ3) is 2.96. The molecule has 0 aromatic heterocycles. The molecule has 1 fully saturated rings. The van der Waals surface area contributed by atoms with Crippen LogP contribution in [-0.2, 0) is 16.0 Å². The fraction of sp³-hybridized carbons (Fsp3) is 0.357. The summed E-state index contributed by atoms with van der Waals surface area (Å²) in [5, 5.41) is 0. The molecule has 0 unspecified atom stereocenters. The normalized spacial score (nSPS) is 15.3. The number of allylic oxidation sites excluding steroid dienone is 1. The van der Waals surface area contributed by atoms with Crippen molar-refractivity contribution in [2.75, 3.05) is 7.11 Å². The summed E-state index contributed by atoms with van der Waals surface area (Å²) >= 11 is 0. The maximum absolute atomic E-state index is 11.2. The highest BCUT2D eigenvalue weighted by molar-refractivity contribution is 5.74. The average molecular weight is 216 g/mol. The number of ether oxygens (including phenoxy) is 1. The van der Waals surface area contributed by atoms with Crippen LogP contribution in [0.1, 0.15) is 24.0 Å². The van der Waals surface area contributed by atoms with Gasteiger partial charge in [0.2, 0.25) is 0 Å². The van der Waals surface area contributed by atoms with E-state index in [9.17, 15) is 4.79 Å². The van der Waals surface area contributed by atoms with E-state index in [2.05, 4.69) is 16.9 Å². The summed E-state index contributed by atoms with van der Waals surface area (Å²) in [5.41, 5.74) is 2.16. The van der Waals surface area contributed by atoms with Crippen LogP contribution >= 0.6 is 0 Å². The van der Waals surface area contributed by atoms with Crippen LogP contribution in [0.2, 0.25) is 0 Å². The van der Waals surface area contributed by atoms with E-state index in [0.29, 0.717) is 6.42 Å². The van der Waals surface area contributed by atoms with E-state index in [4.69, 9.17) is 0 Å². The van der Waals surface area contributed by atoms with E-state index in [0.717, 1.165) is 17.0 Å². The monoisotopic (exact) mass is 216 g/mol. The van der Waals surface area contributed by atoms with Crippen molar-refractivity contribution in [3.8, 4) is 0 Å². The summed E-state index contributed by atoms with van der Waals surface area (Å²) in [5.74, 6) is 0.568. The molecule has 0 saturated heterocycles. The van der Waals surface area contributed by atoms with Gasteiger partial charge in [-0.25, -0.2) is 0 Å². The van der Waals surface area contributed by atoms with Crippen molar-refractivity contribution in [2.45, 2.75) is 19.3 Å². The molecule has 0 amide bonds. The summed E-state index contributed by atoms with van der Waals surface area (Å²) in [6.45, 7) is 0. The van der Waals surface area contributed by atoms with Gasteiger partial charge in [0.15, 0.2) is 0 Å². The van der Waals surface area contributed by atoms with Crippen LogP contribution in [0.3, 0.4) is 0 Å². The van der Waals surface area contributed by atoms with Crippen LogP contribution in [0.15, 0.2) is 30.3 Å². The van der Waals surface area contributed by atoms with Crippen LogP contribution in [0, 0.1) is 5.92 Å². The largest absolute Gasteiger partial charge is 0.469 e. The van der Waals surface area contributed by atoms with Gasteiger partial charge in [-0.1, -0.05) is 36.4 Å². The zero-order chi connectivity index (χ0) is 11.4. The molecule has 2 heteroatoms. The minimum absolute atomic E-state index is 0.188. The summed E-state index contributed by atoms with van der Waals surface area (Å²) in [4.78, 5) is 11.2. The highest BCUT2D eigenvalue weighted by Gasteiger charge is 2.17. The second-order valence-corrected chi connectivity index (χ2v) is 4.15. The molecule has 1 aliphatic rings. The van der Waals surface area contributed by atoms with Crippen LogP contribution in [-0.4, -0.2) is 13.1 Å². The first kappa shape index (κ1) is 10.9. The molecule has 84 valence electrons. The Bertz CT molecular complexity index is 403. The third-order valence-corrected chi connectivity index (χ3v) is 2.79. The maximum atomic E-state index is 11.2. The highest BCUT2D eigenvalue weighted by atomic mass is 16.5. The lowest BCUT2D eigenvalue weighted by molar-refractivity contribution is -0.139. The highest BCUT2D eigenvalue weighted by Crippen LogP contribution is 2.31. The molecule has 1 aliphatic carbocycles. The van der Waals surface area contributed by atoms with E-state index >= 15 is 0 Å². The first-order chi connectivity index (χ1) is 7.79. The zero-order valence-corrected chi connectivity index (χ0v) is 9.48. The third-order valence-electron chi connectivity index (χ3n) is 2.79. The molecule has 0 N–H and O–H groups in total. The zero-order valence-electron chi connectivity index (χ0n) is 9.48. The van der Waals surface area contributed by atoms with Crippen molar-refractivity contribution < 1.29 is 9.53 Å². The molecule has 1 aromatic rings. The van der Waals surface area contributed by atoms with Gasteiger partial charge in [-0.3, -0.25) is 4.79 Å². The van der Waals surface area contributed by atoms with Crippen LogP contribution in [0.5, 0.6) is 0 Å². The van der Waals surface area contributed by atoms with Gasteiger partial charge in [-0.2, -0.15) is 0 Å². The topological polar surface area (TPSA) is 26.3 Å². The van der Waals surface area contributed by atoms with Gasteiger partial charge in [-0.15, -0.1) is 0 Å². The van der Waals surface area contributed by atoms with Crippen molar-refractivity contribution in [3.63, 3.8) is 0 Å². The Balaban J connectivity index is 2.12. The Morgan fingerprint density at radius 3 is 2.88 bits per heavy atom. The Labute approximate surface area is 95.9 Å². The standard InChI is InChI=1S/C14H16O2/c1-16-14(15)10-13-5-3-2-4-12(13)9-8-11-6-7-11/h2-5,8-9,11H,6-7,10H2,1H3/b9-8+. The Kier molecular flexibility index (Phi) is 3.40. The molecule has 2 nitrogen and oxygen atoms in total. The lowest BCUT2D eigenvalue weighted by Gasteiger charge is -2.04. The van der Waals surface area contributed by atoms with E-state index in [-0.39, 0.29) is 5.97 Å². The van der Waals surface area contributed by atoms with Gasteiger partial charge < -0.3 is 4.74 Å². The number of carbonyl (C=O) groups excluding carboxylic acids is 1. The second kappa shape index (κ2) is 4.97. The van der Waals surface area contributed by atoms with Gasteiger partial charge in [0, 0.05) is 0 Å². The van der Waals surface area contributed by atoms with E-state index in [1.54, 1.807) is 0 Å². The van der Waals surface area contributed by atoms with Gasteiger partial charge in [-0.05, 0) is 29.9 Å². The first-order valence-corrected chi connectivity index (χ1v) is 5.62. The molecule has 0 bridgehead atoms. The molecule has 1 aromatic carbocycles. The number of carbonyl (C=O) groups is 1. The molecule has 0 heterocycles. The lowest BCUT2D eigenvalue weighted by Crippen LogP contribution is -2.05. The number of benzene rings is 1. The number of hydrogen-bond donors (Lipinski definition) is 0. The fourth-order valence-corrected chi connectivity index (χ4v) is 1.61. The minimum Gasteiger partial charge on any atom is -0.469 e. The predicted octanol–water partition coefficient (Wildman–Crippen LogP) is 2.83. The maximum Gasteiger partial charge on any atom is 0.309 e. The number of rotatable bonds is 4. The van der Waals surface area contributed by atoms with Crippen LogP contribution in [0.4, 0.5) is 0 Å². The van der Waals surface area contributed by atoms with Crippen LogP contribution in [0.25, 0.3) is 6.08 Å². The molecule has 0 atom stereocenters. The van der Waals surface area contributed by atoms with E-state index < -0.39 is 0 Å². The van der Waals surface area contributed by atoms with Gasteiger partial charge in [0.25, 0.3) is 0 Å². The molecule has 0 spiro atoms. The van der Waals surface area contributed by atoms with Crippen molar-refractivity contribution in [2.24, 2.45) is 5.92 Å². The summed E-state index contributed by atoms with van der Waals surface area (Å²) in [6, 6.07) is 7.96. The summed E-state index contributed by atoms with van der Waals surface area (Å²) in [6.07, 6.45) is 7.30. The van der Waals surface area contributed by atoms with Crippen molar-refractivity contribution in [1.29, 1.82) is 0 Å². The molecular formula is C14H16O2. The average Bonchev–Trinajstić information content (AvgIpc) is 3.11. The molecule has 0 aliphatic heterocycles. The Morgan fingerprint density at radius 1 is 1.44 bits per heavy atom. The van der Waals surface area contributed by atoms with Crippen molar-refractivity contribution in [3.05, 3.63) is 41.5 Å². The molecule has 16 heavy (non-hydrogen) atoms. The summed E-state index contributed by atoms with van der Waals surface area (Å²) < 4.78 is 4.68. The smallest absolute Gasteiger partial charge is 0.309 e. The number of hydrogen-bond acceptors (Lipinski definition) is 2. The number of esters is 1. The quantitative estimate of drug-likeness (QED) is 0.723. The van der Waals surface area contributed by atoms with Gasteiger partial charge in [0.05, 0.1) is 13.5 Å². The number of methoxy groups -OCH3 is 1. The fourth-order valence-electron chi connectivity index (χ4n) is 1.61. The lowest BCUT2D eigenvalue weighted by atomic mass is 10.0. The van der Waals surface area contributed by atoms with Gasteiger partial charge in [0.1, 0.15) is 0 Å². The molecule has 2 rings (SSSR count). The molecule has 0 radical (unpaired) electrons. The van der Waals surface area contributed by atoms with E-state index in [1.807, 2.05) is 24.3 Å². The Hall–Kier alpha value is -1.57. The second-order valence-electron chi connectivity index (χ2n) is 4.15. The van der Waals surface area contributed by atoms with Crippen molar-refractivity contribution >= 4 is 12.0 Å². The molecular weight excluding hydrogens is 200 g/mol. The first-order valence-electron chi connectivity index (χ1n) is 5.62. The van der Waals surface area contributed by atoms with Crippen LogP contribution < -0.4 is 0 Å².